The number of hydrogen-bond acceptors (Lipinski definition) is 5. The zero-order valence-corrected chi connectivity index (χ0v) is 17.6. The summed E-state index contributed by atoms with van der Waals surface area (Å²) in [5, 5.41) is 1.68. The van der Waals surface area contributed by atoms with Crippen molar-refractivity contribution in [2.24, 2.45) is 4.99 Å². The predicted octanol–water partition coefficient (Wildman–Crippen LogP) is 4.78. The number of fused-ring (bicyclic) bond motifs is 1. The van der Waals surface area contributed by atoms with Crippen LogP contribution in [0.2, 0.25) is 0 Å². The van der Waals surface area contributed by atoms with E-state index in [2.05, 4.69) is 58.6 Å². The molecule has 2 aliphatic rings. The van der Waals surface area contributed by atoms with Crippen LogP contribution in [-0.4, -0.2) is 38.5 Å². The second kappa shape index (κ2) is 7.26. The average Bonchev–Trinajstić information content (AvgIpc) is 3.40. The number of amidine groups is 1. The first-order valence-electron chi connectivity index (χ1n) is 9.90. The lowest BCUT2D eigenvalue weighted by molar-refractivity contribution is 0.312. The SMILES string of the molecule is COc1ccc(-n2c(C)ccc2[C@@H]2[C@H](c3ccccn3)N=C3S[C@H](C)CN32)cc1. The lowest BCUT2D eigenvalue weighted by atomic mass is 10.0. The Kier molecular flexibility index (Phi) is 4.59. The van der Waals surface area contributed by atoms with E-state index in [1.54, 1.807) is 7.11 Å². The summed E-state index contributed by atoms with van der Waals surface area (Å²) in [5.41, 5.74) is 4.61. The number of pyridine rings is 1. The second-order valence-electron chi connectivity index (χ2n) is 7.57. The molecule has 1 saturated heterocycles. The third-order valence-electron chi connectivity index (χ3n) is 5.62. The van der Waals surface area contributed by atoms with E-state index in [0.29, 0.717) is 5.25 Å². The molecule has 0 aliphatic carbocycles. The van der Waals surface area contributed by atoms with Gasteiger partial charge in [-0.25, -0.2) is 0 Å². The maximum absolute atomic E-state index is 5.34. The van der Waals surface area contributed by atoms with E-state index in [9.17, 15) is 0 Å². The highest BCUT2D eigenvalue weighted by Gasteiger charge is 2.44. The molecule has 0 spiro atoms. The fourth-order valence-electron chi connectivity index (χ4n) is 4.31. The van der Waals surface area contributed by atoms with E-state index >= 15 is 0 Å². The van der Waals surface area contributed by atoms with E-state index in [1.165, 1.54) is 11.4 Å². The smallest absolute Gasteiger partial charge is 0.160 e. The molecule has 0 radical (unpaired) electrons. The van der Waals surface area contributed by atoms with Crippen LogP contribution in [0.25, 0.3) is 5.69 Å². The van der Waals surface area contributed by atoms with Crippen LogP contribution in [0.5, 0.6) is 5.75 Å². The minimum atomic E-state index is -0.00232. The van der Waals surface area contributed by atoms with Gasteiger partial charge in [0.25, 0.3) is 0 Å². The largest absolute Gasteiger partial charge is 0.497 e. The number of benzene rings is 1. The van der Waals surface area contributed by atoms with Crippen molar-refractivity contribution in [1.29, 1.82) is 0 Å². The minimum Gasteiger partial charge on any atom is -0.497 e. The molecule has 3 aromatic rings. The number of methoxy groups -OCH3 is 1. The van der Waals surface area contributed by atoms with Crippen molar-refractivity contribution in [3.05, 3.63) is 77.9 Å². The van der Waals surface area contributed by atoms with Crippen molar-refractivity contribution in [1.82, 2.24) is 14.5 Å². The molecule has 0 amide bonds. The van der Waals surface area contributed by atoms with E-state index in [-0.39, 0.29) is 12.1 Å². The molecular formula is C23H24N4OS. The number of rotatable bonds is 4. The van der Waals surface area contributed by atoms with Gasteiger partial charge in [-0.1, -0.05) is 24.8 Å². The number of thioether (sulfide) groups is 1. The number of hydrogen-bond donors (Lipinski definition) is 0. The van der Waals surface area contributed by atoms with Gasteiger partial charge in [-0.15, -0.1) is 0 Å². The van der Waals surface area contributed by atoms with Gasteiger partial charge in [0.05, 0.1) is 18.8 Å². The molecule has 3 atom stereocenters. The molecule has 1 fully saturated rings. The van der Waals surface area contributed by atoms with Crippen LogP contribution in [0, 0.1) is 6.92 Å². The minimum absolute atomic E-state index is 0.00232. The van der Waals surface area contributed by atoms with Crippen LogP contribution in [0.15, 0.2) is 65.8 Å². The van der Waals surface area contributed by atoms with Crippen molar-refractivity contribution in [2.45, 2.75) is 31.2 Å². The lowest BCUT2D eigenvalue weighted by Crippen LogP contribution is -2.30. The van der Waals surface area contributed by atoms with Gasteiger partial charge in [-0.2, -0.15) is 0 Å². The first-order chi connectivity index (χ1) is 14.2. The molecule has 6 heteroatoms. The van der Waals surface area contributed by atoms with Crippen molar-refractivity contribution in [2.75, 3.05) is 13.7 Å². The summed E-state index contributed by atoms with van der Waals surface area (Å²) in [6.07, 6.45) is 1.86. The van der Waals surface area contributed by atoms with E-state index in [1.807, 2.05) is 42.2 Å². The van der Waals surface area contributed by atoms with Gasteiger partial charge >= 0.3 is 0 Å². The summed E-state index contributed by atoms with van der Waals surface area (Å²) in [5.74, 6) is 0.864. The molecule has 0 saturated carbocycles. The summed E-state index contributed by atoms with van der Waals surface area (Å²) in [6.45, 7) is 5.43. The fourth-order valence-corrected chi connectivity index (χ4v) is 5.40. The molecule has 148 valence electrons. The van der Waals surface area contributed by atoms with E-state index in [0.717, 1.165) is 28.8 Å². The third kappa shape index (κ3) is 3.12. The summed E-state index contributed by atoms with van der Waals surface area (Å²) in [4.78, 5) is 12.2. The Balaban J connectivity index is 1.62. The van der Waals surface area contributed by atoms with Crippen LogP contribution < -0.4 is 4.74 Å². The Bertz CT molecular complexity index is 1040. The molecule has 0 N–H and O–H groups in total. The summed E-state index contributed by atoms with van der Waals surface area (Å²) in [7, 11) is 1.70. The van der Waals surface area contributed by atoms with Gasteiger partial charge in [0, 0.05) is 35.1 Å². The zero-order valence-electron chi connectivity index (χ0n) is 16.8. The van der Waals surface area contributed by atoms with E-state index < -0.39 is 0 Å². The quantitative estimate of drug-likeness (QED) is 0.628. The van der Waals surface area contributed by atoms with Crippen molar-refractivity contribution >= 4 is 16.9 Å². The summed E-state index contributed by atoms with van der Waals surface area (Å²) >= 11 is 1.87. The molecule has 1 aromatic carbocycles. The Morgan fingerprint density at radius 1 is 1.07 bits per heavy atom. The van der Waals surface area contributed by atoms with E-state index in [4.69, 9.17) is 9.73 Å². The van der Waals surface area contributed by atoms with Crippen LogP contribution in [-0.2, 0) is 0 Å². The molecule has 0 bridgehead atoms. The predicted molar refractivity (Wildman–Crippen MR) is 118 cm³/mol. The highest BCUT2D eigenvalue weighted by molar-refractivity contribution is 8.14. The lowest BCUT2D eigenvalue weighted by Gasteiger charge is -2.28. The van der Waals surface area contributed by atoms with Gasteiger partial charge in [0.2, 0.25) is 0 Å². The van der Waals surface area contributed by atoms with Crippen molar-refractivity contribution in [3.63, 3.8) is 0 Å². The number of ether oxygens (including phenoxy) is 1. The van der Waals surface area contributed by atoms with Crippen LogP contribution in [0.3, 0.4) is 0 Å². The van der Waals surface area contributed by atoms with Crippen LogP contribution >= 0.6 is 11.8 Å². The van der Waals surface area contributed by atoms with Gasteiger partial charge in [0.1, 0.15) is 11.8 Å². The number of aromatic nitrogens is 2. The molecule has 4 heterocycles. The number of aryl methyl sites for hydroxylation is 1. The number of nitrogens with zero attached hydrogens (tertiary/aromatic N) is 4. The van der Waals surface area contributed by atoms with Gasteiger partial charge in [0.15, 0.2) is 5.17 Å². The van der Waals surface area contributed by atoms with Crippen LogP contribution in [0.4, 0.5) is 0 Å². The Morgan fingerprint density at radius 2 is 1.90 bits per heavy atom. The Labute approximate surface area is 175 Å². The number of aliphatic imine (C=N–C) groups is 1. The summed E-state index contributed by atoms with van der Waals surface area (Å²) in [6, 6.07) is 18.9. The Morgan fingerprint density at radius 3 is 2.62 bits per heavy atom. The monoisotopic (exact) mass is 404 g/mol. The molecule has 2 aliphatic heterocycles. The molecular weight excluding hydrogens is 380 g/mol. The van der Waals surface area contributed by atoms with Crippen molar-refractivity contribution in [3.8, 4) is 11.4 Å². The van der Waals surface area contributed by atoms with Crippen LogP contribution in [0.1, 0.15) is 36.1 Å². The van der Waals surface area contributed by atoms with Gasteiger partial charge < -0.3 is 14.2 Å². The second-order valence-corrected chi connectivity index (χ2v) is 8.98. The highest BCUT2D eigenvalue weighted by Crippen LogP contribution is 2.48. The Hall–Kier alpha value is -2.73. The molecule has 5 nitrogen and oxygen atoms in total. The standard InChI is InChI=1S/C23H24N4OS/c1-15-7-12-20(27(15)17-8-10-18(28-3)11-9-17)22-21(19-6-4-5-13-24-19)25-23-26(22)14-16(2)29-23/h4-13,16,21-22H,14H2,1-3H3/t16-,21+,22-/m1/s1. The zero-order chi connectivity index (χ0) is 20.0. The maximum atomic E-state index is 5.34. The molecule has 5 rings (SSSR count). The maximum Gasteiger partial charge on any atom is 0.160 e. The summed E-state index contributed by atoms with van der Waals surface area (Å²) < 4.78 is 7.68. The fraction of sp³-hybridized carbons (Fsp3) is 0.304. The normalized spacial score (nSPS) is 23.2. The molecule has 29 heavy (non-hydrogen) atoms. The first-order valence-corrected chi connectivity index (χ1v) is 10.8. The van der Waals surface area contributed by atoms with Crippen molar-refractivity contribution < 1.29 is 4.74 Å². The molecule has 0 unspecified atom stereocenters. The highest BCUT2D eigenvalue weighted by atomic mass is 32.2. The average molecular weight is 405 g/mol. The topological polar surface area (TPSA) is 42.6 Å². The van der Waals surface area contributed by atoms with Gasteiger partial charge in [-0.05, 0) is 55.5 Å². The third-order valence-corrected chi connectivity index (χ3v) is 6.72. The first kappa shape index (κ1) is 18.3. The van der Waals surface area contributed by atoms with Gasteiger partial charge in [-0.3, -0.25) is 9.98 Å². The molecule has 2 aromatic heterocycles.